The molecule has 0 saturated heterocycles. The van der Waals surface area contributed by atoms with Gasteiger partial charge in [-0.15, -0.1) is 0 Å². The summed E-state index contributed by atoms with van der Waals surface area (Å²) in [7, 11) is 0. The summed E-state index contributed by atoms with van der Waals surface area (Å²) in [6.45, 7) is 0. The zero-order valence-electron chi connectivity index (χ0n) is 22.3. The predicted octanol–water partition coefficient (Wildman–Crippen LogP) is 5.22. The third-order valence-corrected chi connectivity index (χ3v) is 7.05. The van der Waals surface area contributed by atoms with E-state index in [4.69, 9.17) is 58.3 Å². The van der Waals surface area contributed by atoms with Crippen molar-refractivity contribution < 1.29 is 28.3 Å². The standard InChI is InChI=1S/C31H17N8.Ni.H2O3S/c1-2-9-17-16-24-32-25(17)34-27-20-12-5-6-13-21(20)29(36-27)38-31-23-15-8-7-14-22(23)30(39-31)37-28-19-11-4-3-10-18(19)26(33-24)35-28;;1-4(2)3/h1-15H,(H2,32,33,34,35,36,37,38,39);;(H2,1,2,3)/q-1;;/p-1/b9-2-;;. The van der Waals surface area contributed by atoms with Gasteiger partial charge in [-0.05, 0) is 0 Å². The molecule has 13 heteroatoms. The Bertz CT molecular complexity index is 2330. The molecular formula is C31H18N8NiO3S-2. The van der Waals surface area contributed by atoms with Gasteiger partial charge in [-0.3, -0.25) is 0 Å². The minimum atomic E-state index is -2.86. The van der Waals surface area contributed by atoms with Crippen LogP contribution in [0, 0.1) is 6.07 Å². The van der Waals surface area contributed by atoms with E-state index in [1.807, 2.05) is 78.9 Å². The van der Waals surface area contributed by atoms with Crippen molar-refractivity contribution in [1.82, 2.24) is 39.9 Å². The molecule has 44 heavy (non-hydrogen) atoms. The molecule has 8 rings (SSSR count). The van der Waals surface area contributed by atoms with Crippen LogP contribution in [-0.4, -0.2) is 58.2 Å². The summed E-state index contributed by atoms with van der Waals surface area (Å²) >= 11 is 1.85. The van der Waals surface area contributed by atoms with E-state index in [1.54, 1.807) is 11.1 Å². The Morgan fingerprint density at radius 2 is 1.11 bits per heavy atom. The number of H-pyrrole nitrogens is 2. The quantitative estimate of drug-likeness (QED) is 0.130. The van der Waals surface area contributed by atoms with Crippen LogP contribution in [0.25, 0.3) is 85.0 Å². The number of rotatable bonds is 2. The van der Waals surface area contributed by atoms with E-state index >= 15 is 0 Å². The van der Waals surface area contributed by atoms with Gasteiger partial charge in [0.1, 0.15) is 0 Å². The Balaban J connectivity index is 0.000000739. The van der Waals surface area contributed by atoms with Crippen molar-refractivity contribution in [3.05, 3.63) is 90.5 Å². The van der Waals surface area contributed by atoms with E-state index < -0.39 is 11.4 Å². The summed E-state index contributed by atoms with van der Waals surface area (Å²) in [5, 5.41) is 1.88. The third-order valence-electron chi connectivity index (χ3n) is 6.86. The fourth-order valence-electron chi connectivity index (χ4n) is 5.06. The molecule has 0 radical (unpaired) electrons. The van der Waals surface area contributed by atoms with Crippen molar-refractivity contribution in [3.8, 4) is 45.6 Å². The molecule has 0 saturated carbocycles. The van der Waals surface area contributed by atoms with Crippen LogP contribution in [0.15, 0.2) is 78.9 Å². The monoisotopic (exact) mass is 640 g/mol. The fourth-order valence-corrected chi connectivity index (χ4v) is 5.16. The third kappa shape index (κ3) is 5.18. The topological polar surface area (TPSA) is 169 Å². The molecule has 0 amide bonds. The summed E-state index contributed by atoms with van der Waals surface area (Å²) in [4.78, 5) is 37.7. The molecular weight excluding hydrogens is 623 g/mol. The number of hydrogen-bond donors (Lipinski definition) is 3. The van der Waals surface area contributed by atoms with E-state index in [9.17, 15) is 0 Å². The average Bonchev–Trinajstić information content (AvgIpc) is 3.76. The number of hydrogen-bond acceptors (Lipinski definition) is 8. The van der Waals surface area contributed by atoms with Crippen molar-refractivity contribution in [3.63, 3.8) is 0 Å². The molecule has 3 aromatic carbocycles. The van der Waals surface area contributed by atoms with Gasteiger partial charge in [-0.1, -0.05) is 24.3 Å². The van der Waals surface area contributed by atoms with E-state index in [0.717, 1.165) is 33.0 Å². The molecule has 3 aromatic heterocycles. The minimum absolute atomic E-state index is 0.488. The summed E-state index contributed by atoms with van der Waals surface area (Å²) < 4.78 is 24.1. The first-order valence-corrected chi connectivity index (χ1v) is 14.7. The molecule has 6 aromatic rings. The number of nitrogens with zero attached hydrogens (tertiary/aromatic N) is 6. The van der Waals surface area contributed by atoms with Gasteiger partial charge in [-0.25, -0.2) is 4.21 Å². The second kappa shape index (κ2) is 11.5. The fraction of sp³-hybridized carbons (Fsp3) is 0. The van der Waals surface area contributed by atoms with Gasteiger partial charge >= 0.3 is 206 Å². The Morgan fingerprint density at radius 1 is 0.682 bits per heavy atom. The van der Waals surface area contributed by atoms with Gasteiger partial charge in [0.15, 0.2) is 0 Å². The molecule has 11 nitrogen and oxygen atoms in total. The van der Waals surface area contributed by atoms with Crippen LogP contribution < -0.4 is 0 Å². The summed E-state index contributed by atoms with van der Waals surface area (Å²) in [5.74, 6) is 2.22. The van der Waals surface area contributed by atoms with E-state index in [-0.39, 0.29) is 0 Å². The van der Waals surface area contributed by atoms with E-state index in [0.29, 0.717) is 51.4 Å². The number of aromatic amines is 2. The zero-order valence-corrected chi connectivity index (χ0v) is 24.1. The second-order valence-electron chi connectivity index (χ2n) is 9.47. The number of nitrogens with one attached hydrogen (secondary N) is 2. The Hall–Kier alpha value is -5.07. The molecule has 0 spiro atoms. The first-order chi connectivity index (χ1) is 21.5. The normalized spacial score (nSPS) is 12.4. The van der Waals surface area contributed by atoms with Crippen LogP contribution in [0.3, 0.4) is 0 Å². The molecule has 3 N–H and O–H groups in total. The van der Waals surface area contributed by atoms with Crippen LogP contribution in [0.1, 0.15) is 5.56 Å². The first kappa shape index (κ1) is 27.7. The van der Waals surface area contributed by atoms with Crippen molar-refractivity contribution in [2.75, 3.05) is 0 Å². The van der Waals surface area contributed by atoms with Gasteiger partial charge in [0.2, 0.25) is 0 Å². The zero-order chi connectivity index (χ0) is 30.2. The summed E-state index contributed by atoms with van der Waals surface area (Å²) in [5.41, 5.74) is 6.66. The van der Waals surface area contributed by atoms with E-state index in [1.165, 1.54) is 0 Å². The van der Waals surface area contributed by atoms with Crippen LogP contribution in [0.4, 0.5) is 0 Å². The second-order valence-corrected chi connectivity index (χ2v) is 10.2. The summed E-state index contributed by atoms with van der Waals surface area (Å²) in [6, 6.07) is 27.2. The van der Waals surface area contributed by atoms with Crippen LogP contribution in [0.5, 0.6) is 0 Å². The van der Waals surface area contributed by atoms with Gasteiger partial charge < -0.3 is 9.11 Å². The van der Waals surface area contributed by atoms with Crippen molar-refractivity contribution in [2.24, 2.45) is 0 Å². The number of fused-ring (bicyclic) bond motifs is 17. The van der Waals surface area contributed by atoms with Crippen LogP contribution in [-0.2, 0) is 26.4 Å². The van der Waals surface area contributed by atoms with E-state index in [2.05, 4.69) is 16.0 Å². The maximum atomic E-state index is 8.56. The number of allylic oxidation sites excluding steroid dienone is 1. The van der Waals surface area contributed by atoms with Gasteiger partial charge in [0.05, 0.1) is 11.4 Å². The molecule has 1 unspecified atom stereocenters. The molecule has 0 fully saturated rings. The maximum absolute atomic E-state index is 8.56. The molecule has 5 heterocycles. The summed E-state index contributed by atoms with van der Waals surface area (Å²) in [6.07, 6.45) is 3.63. The Labute approximate surface area is 259 Å². The number of benzene rings is 3. The molecule has 8 bridgehead atoms. The Morgan fingerprint density at radius 3 is 1.59 bits per heavy atom. The van der Waals surface area contributed by atoms with Crippen LogP contribution in [0.2, 0.25) is 0 Å². The molecule has 2 aliphatic heterocycles. The average molecular weight is 641 g/mol. The Kier molecular flexibility index (Phi) is 7.28. The van der Waals surface area contributed by atoms with Crippen LogP contribution >= 0.6 is 0 Å². The molecule has 1 atom stereocenters. The van der Waals surface area contributed by atoms with Crippen molar-refractivity contribution >= 4 is 55.8 Å². The van der Waals surface area contributed by atoms with Gasteiger partial charge in [-0.2, -0.15) is 0 Å². The molecule has 218 valence electrons. The SMILES string of the molecule is O=S([O-])O.[Ni]=[CH]/C=C\c1[c-]c2nc3nc(nc4[nH]c(nc5nc(nc1[nH]2)-c1ccccc1-5)c1ccccc41)-c1ccccc1-3. The van der Waals surface area contributed by atoms with Crippen molar-refractivity contribution in [2.45, 2.75) is 0 Å². The predicted molar refractivity (Wildman–Crippen MR) is 164 cm³/mol. The molecule has 2 aliphatic rings. The first-order valence-electron chi connectivity index (χ1n) is 13.1. The molecule has 0 aliphatic carbocycles. The number of aromatic nitrogens is 8. The van der Waals surface area contributed by atoms with Gasteiger partial charge in [0, 0.05) is 5.39 Å². The van der Waals surface area contributed by atoms with Gasteiger partial charge in [0.25, 0.3) is 0 Å². The van der Waals surface area contributed by atoms with Crippen molar-refractivity contribution in [1.29, 1.82) is 0 Å².